The van der Waals surface area contributed by atoms with Crippen LogP contribution in [0.4, 0.5) is 11.4 Å². The van der Waals surface area contributed by atoms with E-state index in [1.807, 2.05) is 49.4 Å². The summed E-state index contributed by atoms with van der Waals surface area (Å²) in [4.78, 5) is 14.4. The highest BCUT2D eigenvalue weighted by atomic mass is 16.5. The normalized spacial score (nSPS) is 13.0. The van der Waals surface area contributed by atoms with Gasteiger partial charge in [-0.1, -0.05) is 6.07 Å². The lowest BCUT2D eigenvalue weighted by molar-refractivity contribution is -0.119. The van der Waals surface area contributed by atoms with Crippen LogP contribution in [0.2, 0.25) is 0 Å². The average molecular weight is 369 g/mol. The lowest BCUT2D eigenvalue weighted by Gasteiger charge is -2.31. The summed E-state index contributed by atoms with van der Waals surface area (Å²) in [5.74, 6) is 1.56. The summed E-state index contributed by atoms with van der Waals surface area (Å²) < 4.78 is 11.0. The second-order valence-corrected chi connectivity index (χ2v) is 6.47. The van der Waals surface area contributed by atoms with Crippen LogP contribution in [-0.2, 0) is 11.2 Å². The van der Waals surface area contributed by atoms with Crippen molar-refractivity contribution in [3.63, 3.8) is 0 Å². The molecule has 2 aromatic rings. The molecule has 0 spiro atoms. The Hall–Kier alpha value is -2.89. The first-order chi connectivity index (χ1) is 13.2. The highest BCUT2D eigenvalue weighted by molar-refractivity contribution is 5.82. The summed E-state index contributed by atoms with van der Waals surface area (Å²) >= 11 is 0. The van der Waals surface area contributed by atoms with Crippen LogP contribution in [-0.4, -0.2) is 38.8 Å². The van der Waals surface area contributed by atoms with E-state index >= 15 is 0 Å². The van der Waals surface area contributed by atoms with Crippen molar-refractivity contribution >= 4 is 17.3 Å². The second-order valence-electron chi connectivity index (χ2n) is 6.47. The number of ether oxygens (including phenoxy) is 2. The smallest absolute Gasteiger partial charge is 0.239 e. The molecular formula is C21H27N3O3. The summed E-state index contributed by atoms with van der Waals surface area (Å²) in [6.45, 7) is 4.67. The maximum absolute atomic E-state index is 12.3. The maximum Gasteiger partial charge on any atom is 0.239 e. The topological polar surface area (TPSA) is 76.8 Å². The van der Waals surface area contributed by atoms with Gasteiger partial charge in [-0.15, -0.1) is 0 Å². The minimum absolute atomic E-state index is 0.0134. The monoisotopic (exact) mass is 369 g/mol. The Morgan fingerprint density at radius 2 is 1.89 bits per heavy atom. The van der Waals surface area contributed by atoms with Crippen LogP contribution >= 0.6 is 0 Å². The average Bonchev–Trinajstić information content (AvgIpc) is 2.68. The van der Waals surface area contributed by atoms with E-state index in [-0.39, 0.29) is 5.91 Å². The molecule has 6 nitrogen and oxygen atoms in total. The Kier molecular flexibility index (Phi) is 6.41. The Morgan fingerprint density at radius 3 is 2.63 bits per heavy atom. The molecule has 0 bridgehead atoms. The molecule has 0 unspecified atom stereocenters. The number of benzene rings is 2. The van der Waals surface area contributed by atoms with Crippen molar-refractivity contribution < 1.29 is 14.3 Å². The number of hydrogen-bond acceptors (Lipinski definition) is 5. The van der Waals surface area contributed by atoms with Gasteiger partial charge in [0.1, 0.15) is 18.1 Å². The summed E-state index contributed by atoms with van der Waals surface area (Å²) in [7, 11) is 0. The molecule has 0 aromatic heterocycles. The Morgan fingerprint density at radius 1 is 1.15 bits per heavy atom. The van der Waals surface area contributed by atoms with E-state index < -0.39 is 0 Å². The number of nitrogen functional groups attached to an aromatic ring is 1. The number of nitrogens with two attached hydrogens (primary N) is 1. The molecular weight excluding hydrogens is 342 g/mol. The van der Waals surface area contributed by atoms with E-state index in [0.29, 0.717) is 26.3 Å². The number of carbonyl (C=O) groups is 1. The van der Waals surface area contributed by atoms with Gasteiger partial charge in [0, 0.05) is 17.9 Å². The fourth-order valence-corrected chi connectivity index (χ4v) is 3.28. The molecule has 1 aliphatic rings. The van der Waals surface area contributed by atoms with Gasteiger partial charge in [0.25, 0.3) is 0 Å². The largest absolute Gasteiger partial charge is 0.494 e. The zero-order valence-corrected chi connectivity index (χ0v) is 15.7. The van der Waals surface area contributed by atoms with E-state index in [1.165, 1.54) is 0 Å². The van der Waals surface area contributed by atoms with Gasteiger partial charge in [-0.25, -0.2) is 0 Å². The molecule has 0 saturated heterocycles. The number of amides is 1. The third kappa shape index (κ3) is 5.06. The molecule has 2 aromatic carbocycles. The van der Waals surface area contributed by atoms with Gasteiger partial charge in [0.2, 0.25) is 5.91 Å². The van der Waals surface area contributed by atoms with Crippen molar-refractivity contribution in [2.45, 2.75) is 19.8 Å². The van der Waals surface area contributed by atoms with Gasteiger partial charge in [-0.05, 0) is 61.7 Å². The third-order valence-electron chi connectivity index (χ3n) is 4.55. The van der Waals surface area contributed by atoms with Gasteiger partial charge in [-0.2, -0.15) is 0 Å². The Bertz CT molecular complexity index is 762. The van der Waals surface area contributed by atoms with E-state index in [2.05, 4.69) is 10.2 Å². The molecule has 1 heterocycles. The van der Waals surface area contributed by atoms with Crippen molar-refractivity contribution in [1.29, 1.82) is 0 Å². The van der Waals surface area contributed by atoms with Gasteiger partial charge in [0.05, 0.1) is 19.7 Å². The molecule has 6 heteroatoms. The summed E-state index contributed by atoms with van der Waals surface area (Å²) in [6, 6.07) is 13.4. The number of hydrogen-bond donors (Lipinski definition) is 2. The lowest BCUT2D eigenvalue weighted by Crippen LogP contribution is -2.41. The fourth-order valence-electron chi connectivity index (χ4n) is 3.28. The van der Waals surface area contributed by atoms with Crippen LogP contribution in [0.25, 0.3) is 0 Å². The second kappa shape index (κ2) is 9.16. The number of fused-ring (bicyclic) bond motifs is 1. The Balaban J connectivity index is 1.42. The van der Waals surface area contributed by atoms with Crippen molar-refractivity contribution in [2.24, 2.45) is 0 Å². The minimum atomic E-state index is -0.0134. The number of carbonyl (C=O) groups excluding carboxylic acids is 1. The van der Waals surface area contributed by atoms with E-state index in [4.69, 9.17) is 15.2 Å². The van der Waals surface area contributed by atoms with E-state index in [1.54, 1.807) is 0 Å². The molecule has 27 heavy (non-hydrogen) atoms. The fraction of sp³-hybridized carbons (Fsp3) is 0.381. The van der Waals surface area contributed by atoms with Crippen LogP contribution in [0.5, 0.6) is 11.5 Å². The lowest BCUT2D eigenvalue weighted by atomic mass is 10.00. The van der Waals surface area contributed by atoms with Crippen molar-refractivity contribution in [3.8, 4) is 11.5 Å². The molecule has 1 aliphatic heterocycles. The van der Waals surface area contributed by atoms with E-state index in [9.17, 15) is 4.79 Å². The highest BCUT2D eigenvalue weighted by Gasteiger charge is 2.20. The zero-order chi connectivity index (χ0) is 19.1. The summed E-state index contributed by atoms with van der Waals surface area (Å²) in [5, 5.41) is 2.92. The van der Waals surface area contributed by atoms with Crippen LogP contribution < -0.4 is 25.4 Å². The third-order valence-corrected chi connectivity index (χ3v) is 4.55. The number of rotatable bonds is 8. The first-order valence-corrected chi connectivity index (χ1v) is 9.42. The Labute approximate surface area is 160 Å². The van der Waals surface area contributed by atoms with Crippen molar-refractivity contribution in [1.82, 2.24) is 5.32 Å². The SMILES string of the molecule is CCOc1ccc(OCCNC(=O)CN2CCCc3c(N)cccc32)cc1. The van der Waals surface area contributed by atoms with Gasteiger partial charge >= 0.3 is 0 Å². The molecule has 0 aliphatic carbocycles. The van der Waals surface area contributed by atoms with Gasteiger partial charge in [-0.3, -0.25) is 4.79 Å². The van der Waals surface area contributed by atoms with E-state index in [0.717, 1.165) is 47.8 Å². The van der Waals surface area contributed by atoms with Crippen LogP contribution in [0, 0.1) is 0 Å². The summed E-state index contributed by atoms with van der Waals surface area (Å²) in [6.07, 6.45) is 1.98. The van der Waals surface area contributed by atoms with Crippen molar-refractivity contribution in [2.75, 3.05) is 43.5 Å². The number of anilines is 2. The first-order valence-electron chi connectivity index (χ1n) is 9.42. The molecule has 3 N–H and O–H groups in total. The predicted octanol–water partition coefficient (Wildman–Crippen LogP) is 2.62. The maximum atomic E-state index is 12.3. The molecule has 0 radical (unpaired) electrons. The molecule has 1 amide bonds. The van der Waals surface area contributed by atoms with Crippen LogP contribution in [0.3, 0.4) is 0 Å². The molecule has 144 valence electrons. The molecule has 0 atom stereocenters. The van der Waals surface area contributed by atoms with Crippen molar-refractivity contribution in [3.05, 3.63) is 48.0 Å². The standard InChI is InChI=1S/C21H27N3O3/c1-2-26-16-8-10-17(11-9-16)27-14-12-23-21(25)15-24-13-4-5-18-19(22)6-3-7-20(18)24/h3,6-11H,2,4-5,12-15,22H2,1H3,(H,23,25). The summed E-state index contributed by atoms with van der Waals surface area (Å²) in [5.41, 5.74) is 9.09. The highest BCUT2D eigenvalue weighted by Crippen LogP contribution is 2.30. The van der Waals surface area contributed by atoms with Gasteiger partial charge < -0.3 is 25.4 Å². The number of nitrogens with zero attached hydrogens (tertiary/aromatic N) is 1. The minimum Gasteiger partial charge on any atom is -0.494 e. The zero-order valence-electron chi connectivity index (χ0n) is 15.7. The predicted molar refractivity (Wildman–Crippen MR) is 108 cm³/mol. The van der Waals surface area contributed by atoms with Gasteiger partial charge in [0.15, 0.2) is 0 Å². The van der Waals surface area contributed by atoms with Crippen LogP contribution in [0.1, 0.15) is 18.9 Å². The number of nitrogens with one attached hydrogen (secondary N) is 1. The molecule has 0 saturated carbocycles. The molecule has 3 rings (SSSR count). The quantitative estimate of drug-likeness (QED) is 0.553. The first kappa shape index (κ1) is 18.9. The molecule has 0 fully saturated rings. The van der Waals surface area contributed by atoms with Crippen LogP contribution in [0.15, 0.2) is 42.5 Å².